The SMILES string of the molecule is CC(C)(C)CC1(C)CC1.O=[P+](O)O. The zero-order valence-electron chi connectivity index (χ0n) is 8.87. The van der Waals surface area contributed by atoms with Crippen LogP contribution in [0.2, 0.25) is 0 Å². The van der Waals surface area contributed by atoms with E-state index < -0.39 is 8.25 Å². The first kappa shape index (κ1) is 13.0. The fraction of sp³-hybridized carbons (Fsp3) is 1.00. The summed E-state index contributed by atoms with van der Waals surface area (Å²) in [7, 11) is -2.87. The first-order valence-electron chi connectivity index (χ1n) is 4.50. The van der Waals surface area contributed by atoms with Crippen LogP contribution in [0.25, 0.3) is 0 Å². The Kier molecular flexibility index (Phi) is 4.50. The molecule has 0 aromatic carbocycles. The largest absolute Gasteiger partial charge is 0.692 e. The first-order valence-corrected chi connectivity index (χ1v) is 5.66. The summed E-state index contributed by atoms with van der Waals surface area (Å²) < 4.78 is 8.70. The lowest BCUT2D eigenvalue weighted by Crippen LogP contribution is -2.10. The molecule has 1 aliphatic rings. The van der Waals surface area contributed by atoms with Gasteiger partial charge in [-0.3, -0.25) is 0 Å². The molecule has 1 saturated carbocycles. The quantitative estimate of drug-likeness (QED) is 0.650. The Labute approximate surface area is 81.1 Å². The summed E-state index contributed by atoms with van der Waals surface area (Å²) in [5, 5.41) is 0. The highest BCUT2D eigenvalue weighted by atomic mass is 31.1. The second kappa shape index (κ2) is 4.50. The Morgan fingerprint density at radius 3 is 1.69 bits per heavy atom. The van der Waals surface area contributed by atoms with E-state index in [1.165, 1.54) is 19.3 Å². The van der Waals surface area contributed by atoms with Gasteiger partial charge in [0.1, 0.15) is 0 Å². The van der Waals surface area contributed by atoms with Gasteiger partial charge in [-0.1, -0.05) is 27.7 Å². The van der Waals surface area contributed by atoms with Gasteiger partial charge in [0.15, 0.2) is 0 Å². The summed E-state index contributed by atoms with van der Waals surface area (Å²) in [5.41, 5.74) is 1.28. The van der Waals surface area contributed by atoms with Gasteiger partial charge >= 0.3 is 8.25 Å². The third kappa shape index (κ3) is 9.94. The van der Waals surface area contributed by atoms with Crippen LogP contribution in [0.3, 0.4) is 0 Å². The molecule has 13 heavy (non-hydrogen) atoms. The highest BCUT2D eigenvalue weighted by Gasteiger charge is 2.39. The van der Waals surface area contributed by atoms with Crippen LogP contribution in [-0.2, 0) is 4.57 Å². The van der Waals surface area contributed by atoms with E-state index in [0.717, 1.165) is 5.41 Å². The average molecular weight is 207 g/mol. The Hall–Kier alpha value is 0.0200. The molecule has 1 aliphatic carbocycles. The minimum Gasteiger partial charge on any atom is -0.134 e. The summed E-state index contributed by atoms with van der Waals surface area (Å²) in [6, 6.07) is 0. The van der Waals surface area contributed by atoms with E-state index >= 15 is 0 Å². The van der Waals surface area contributed by atoms with Crippen LogP contribution < -0.4 is 0 Å². The molecule has 0 spiro atoms. The Balaban J connectivity index is 0.000000310. The van der Waals surface area contributed by atoms with Crippen LogP contribution in [0.15, 0.2) is 0 Å². The second-order valence-corrected chi connectivity index (χ2v) is 5.81. The van der Waals surface area contributed by atoms with Gasteiger partial charge < -0.3 is 0 Å². The molecule has 0 heterocycles. The molecule has 1 fully saturated rings. The molecule has 0 unspecified atom stereocenters. The zero-order chi connectivity index (χ0) is 10.7. The van der Waals surface area contributed by atoms with E-state index in [0.29, 0.717) is 5.41 Å². The zero-order valence-corrected chi connectivity index (χ0v) is 9.77. The summed E-state index contributed by atoms with van der Waals surface area (Å²) in [4.78, 5) is 14.2. The summed E-state index contributed by atoms with van der Waals surface area (Å²) in [5.74, 6) is 0. The van der Waals surface area contributed by atoms with Crippen molar-refractivity contribution in [1.82, 2.24) is 0 Å². The molecule has 2 N–H and O–H groups in total. The molecule has 0 bridgehead atoms. The van der Waals surface area contributed by atoms with Crippen molar-refractivity contribution in [1.29, 1.82) is 0 Å². The third-order valence-corrected chi connectivity index (χ3v) is 2.06. The van der Waals surface area contributed by atoms with E-state index in [2.05, 4.69) is 27.7 Å². The molecule has 0 aromatic rings. The van der Waals surface area contributed by atoms with Crippen LogP contribution in [-0.4, -0.2) is 9.79 Å². The van der Waals surface area contributed by atoms with E-state index in [1.807, 2.05) is 0 Å². The summed E-state index contributed by atoms with van der Waals surface area (Å²) in [6.45, 7) is 9.39. The molecule has 0 amide bonds. The predicted octanol–water partition coefficient (Wildman–Crippen LogP) is 2.85. The molecular formula is C9H20O3P+. The minimum absolute atomic E-state index is 0.547. The van der Waals surface area contributed by atoms with Crippen molar-refractivity contribution < 1.29 is 14.4 Å². The average Bonchev–Trinajstić information content (AvgIpc) is 2.39. The fourth-order valence-corrected chi connectivity index (χ4v) is 1.67. The molecule has 4 heteroatoms. The van der Waals surface area contributed by atoms with Gasteiger partial charge in [0, 0.05) is 4.57 Å². The Morgan fingerprint density at radius 2 is 1.62 bits per heavy atom. The van der Waals surface area contributed by atoms with E-state index in [4.69, 9.17) is 14.4 Å². The van der Waals surface area contributed by atoms with Crippen molar-refractivity contribution in [2.45, 2.75) is 47.0 Å². The molecule has 3 nitrogen and oxygen atoms in total. The maximum absolute atomic E-state index is 8.70. The van der Waals surface area contributed by atoms with Gasteiger partial charge in [-0.2, -0.15) is 0 Å². The van der Waals surface area contributed by atoms with E-state index in [-0.39, 0.29) is 0 Å². The normalized spacial score (nSPS) is 18.6. The van der Waals surface area contributed by atoms with Crippen LogP contribution in [0.5, 0.6) is 0 Å². The molecule has 0 atom stereocenters. The molecule has 0 saturated heterocycles. The smallest absolute Gasteiger partial charge is 0.134 e. The van der Waals surface area contributed by atoms with Gasteiger partial charge in [0.05, 0.1) is 0 Å². The topological polar surface area (TPSA) is 57.5 Å². The van der Waals surface area contributed by atoms with Crippen molar-refractivity contribution in [3.8, 4) is 0 Å². The number of rotatable bonds is 1. The molecular weight excluding hydrogens is 187 g/mol. The lowest BCUT2D eigenvalue weighted by Gasteiger charge is -2.22. The molecule has 78 valence electrons. The minimum atomic E-state index is -2.87. The maximum Gasteiger partial charge on any atom is 0.692 e. The summed E-state index contributed by atoms with van der Waals surface area (Å²) >= 11 is 0. The Bertz CT molecular complexity index is 173. The van der Waals surface area contributed by atoms with E-state index in [1.54, 1.807) is 0 Å². The van der Waals surface area contributed by atoms with Crippen molar-refractivity contribution in [3.63, 3.8) is 0 Å². The number of hydrogen-bond acceptors (Lipinski definition) is 1. The lowest BCUT2D eigenvalue weighted by molar-refractivity contribution is 0.293. The van der Waals surface area contributed by atoms with Crippen LogP contribution >= 0.6 is 8.25 Å². The second-order valence-electron chi connectivity index (χ2n) is 5.30. The fourth-order valence-electron chi connectivity index (χ4n) is 1.67. The van der Waals surface area contributed by atoms with Gasteiger partial charge in [0.25, 0.3) is 0 Å². The van der Waals surface area contributed by atoms with Crippen LogP contribution in [0.1, 0.15) is 47.0 Å². The Morgan fingerprint density at radius 1 is 1.31 bits per heavy atom. The lowest BCUT2D eigenvalue weighted by atomic mass is 9.84. The van der Waals surface area contributed by atoms with E-state index in [9.17, 15) is 0 Å². The van der Waals surface area contributed by atoms with Gasteiger partial charge in [0.2, 0.25) is 0 Å². The van der Waals surface area contributed by atoms with Crippen LogP contribution in [0, 0.1) is 10.8 Å². The number of hydrogen-bond donors (Lipinski definition) is 2. The highest BCUT2D eigenvalue weighted by Crippen LogP contribution is 2.52. The molecule has 0 radical (unpaired) electrons. The van der Waals surface area contributed by atoms with Crippen molar-refractivity contribution in [3.05, 3.63) is 0 Å². The molecule has 0 aliphatic heterocycles. The first-order chi connectivity index (χ1) is 5.65. The molecule has 1 rings (SSSR count). The van der Waals surface area contributed by atoms with Gasteiger partial charge in [-0.05, 0) is 30.1 Å². The monoisotopic (exact) mass is 207 g/mol. The summed E-state index contributed by atoms with van der Waals surface area (Å²) in [6.07, 6.45) is 4.33. The standard InChI is InChI=1S/C9H18.HO3P/c1-8(2,3)7-9(4)5-6-9;1-4(2)3/h5-7H2,1-4H3;(H-,1,2,3)/p+1. The molecule has 0 aromatic heterocycles. The predicted molar refractivity (Wildman–Crippen MR) is 53.5 cm³/mol. The maximum atomic E-state index is 8.70. The van der Waals surface area contributed by atoms with Crippen molar-refractivity contribution in [2.75, 3.05) is 0 Å². The van der Waals surface area contributed by atoms with Crippen molar-refractivity contribution in [2.24, 2.45) is 10.8 Å². The van der Waals surface area contributed by atoms with Crippen molar-refractivity contribution >= 4 is 8.25 Å². The van der Waals surface area contributed by atoms with Gasteiger partial charge in [-0.15, -0.1) is 9.79 Å². The van der Waals surface area contributed by atoms with Crippen LogP contribution in [0.4, 0.5) is 0 Å². The highest BCUT2D eigenvalue weighted by molar-refractivity contribution is 7.30. The van der Waals surface area contributed by atoms with Gasteiger partial charge in [-0.25, -0.2) is 0 Å². The third-order valence-electron chi connectivity index (χ3n) is 2.06.